The lowest BCUT2D eigenvalue weighted by Gasteiger charge is -1.57. The van der Waals surface area contributed by atoms with Crippen LogP contribution in [0.2, 0.25) is 0 Å². The molecule has 0 aliphatic heterocycles. The quantitative estimate of drug-likeness (QED) is 0.586. The van der Waals surface area contributed by atoms with Crippen molar-refractivity contribution in [2.75, 3.05) is 0 Å². The molecule has 24 heavy (non-hydrogen) atoms. The minimum absolute atomic E-state index is 1.70. The van der Waals surface area contributed by atoms with Gasteiger partial charge in [-0.25, -0.2) is 0 Å². The second-order valence-electron chi connectivity index (χ2n) is 3.00. The van der Waals surface area contributed by atoms with E-state index in [0.29, 0.717) is 0 Å². The van der Waals surface area contributed by atoms with Gasteiger partial charge in [0.15, 0.2) is 0 Å². The molecule has 0 aromatic carbocycles. The van der Waals surface area contributed by atoms with Crippen LogP contribution in [0.1, 0.15) is 13.8 Å². The van der Waals surface area contributed by atoms with Crippen molar-refractivity contribution in [2.24, 2.45) is 0 Å². The van der Waals surface area contributed by atoms with Gasteiger partial charge in [-0.05, 0) is 109 Å². The van der Waals surface area contributed by atoms with E-state index in [4.69, 9.17) is 0 Å². The molecule has 0 unspecified atom stereocenters. The lowest BCUT2D eigenvalue weighted by molar-refractivity contribution is 1.92. The van der Waals surface area contributed by atoms with Gasteiger partial charge in [0.05, 0.1) is 0 Å². The van der Waals surface area contributed by atoms with Gasteiger partial charge in [0.25, 0.3) is 0 Å². The Labute approximate surface area is 144 Å². The second-order valence-corrected chi connectivity index (χ2v) is 3.00. The summed E-state index contributed by atoms with van der Waals surface area (Å²) < 4.78 is 0. The lowest BCUT2D eigenvalue weighted by Crippen LogP contribution is -1.56. The highest BCUT2D eigenvalue weighted by molar-refractivity contribution is 5.47. The highest BCUT2D eigenvalue weighted by Crippen LogP contribution is 1.59. The Morgan fingerprint density at radius 1 is 0.208 bits per heavy atom. The summed E-state index contributed by atoms with van der Waals surface area (Å²) in [5, 5.41) is 0. The van der Waals surface area contributed by atoms with Gasteiger partial charge in [-0.2, -0.15) is 0 Å². The minimum atomic E-state index is 1.70. The van der Waals surface area contributed by atoms with Crippen LogP contribution in [0.4, 0.5) is 0 Å². The first-order valence-electron chi connectivity index (χ1n) is 6.25. The predicted molar refractivity (Wildman–Crippen MR) is 96.9 cm³/mol. The molecule has 102 valence electrons. The fourth-order valence-corrected chi connectivity index (χ4v) is 0.688. The summed E-state index contributed by atoms with van der Waals surface area (Å²) in [4.78, 5) is 0. The molecule has 0 heterocycles. The van der Waals surface area contributed by atoms with E-state index in [0.717, 1.165) is 0 Å². The highest BCUT2D eigenvalue weighted by Gasteiger charge is 1.58. The normalized spacial score (nSPS) is 3.92. The Bertz CT molecular complexity index is 1060. The monoisotopic (exact) mass is 294 g/mol. The Kier molecular flexibility index (Phi) is 14.5. The average molecular weight is 294 g/mol. The molecule has 0 rings (SSSR count). The van der Waals surface area contributed by atoms with Crippen LogP contribution < -0.4 is 0 Å². The fourth-order valence-electron chi connectivity index (χ4n) is 0.688. The molecule has 0 nitrogen and oxygen atoms in total. The third kappa shape index (κ3) is 17.2. The summed E-state index contributed by atoms with van der Waals surface area (Å²) in [6.07, 6.45) is 0. The van der Waals surface area contributed by atoms with Gasteiger partial charge in [0.2, 0.25) is 0 Å². The molecule has 0 N–H and O–H groups in total. The van der Waals surface area contributed by atoms with E-state index >= 15 is 0 Å². The van der Waals surface area contributed by atoms with Crippen molar-refractivity contribution in [3.8, 4) is 130 Å². The maximum Gasteiger partial charge on any atom is 0 e. The molecule has 0 atom stereocenters. The lowest BCUT2D eigenvalue weighted by atomic mass is 10.4. The van der Waals surface area contributed by atoms with Gasteiger partial charge in [-0.15, -0.1) is 0 Å². The van der Waals surface area contributed by atoms with Crippen LogP contribution in [0.15, 0.2) is 0 Å². The molecular formula is C24H6. The van der Waals surface area contributed by atoms with Gasteiger partial charge in [-0.1, -0.05) is 11.8 Å². The number of hydrogen-bond donors (Lipinski definition) is 0. The molecule has 0 amide bonds. The minimum Gasteiger partial charge on any atom is -0.0925 e. The summed E-state index contributed by atoms with van der Waals surface area (Å²) in [7, 11) is 0. The Morgan fingerprint density at radius 2 is 0.333 bits per heavy atom. The highest BCUT2D eigenvalue weighted by atomic mass is 13.6. The van der Waals surface area contributed by atoms with E-state index in [1.807, 2.05) is 0 Å². The van der Waals surface area contributed by atoms with Crippen molar-refractivity contribution in [1.29, 1.82) is 0 Å². The van der Waals surface area contributed by atoms with E-state index < -0.39 is 0 Å². The van der Waals surface area contributed by atoms with Gasteiger partial charge < -0.3 is 0 Å². The molecule has 0 heteroatoms. The third-order valence-corrected chi connectivity index (χ3v) is 1.44. The Balaban J connectivity index is 4.39. The molecule has 0 fully saturated rings. The van der Waals surface area contributed by atoms with Crippen molar-refractivity contribution in [2.45, 2.75) is 13.8 Å². The zero-order valence-corrected chi connectivity index (χ0v) is 13.0. The second kappa shape index (κ2) is 18.2. The standard InChI is InChI=1S/C24H6/c1-3-5-7-9-11-13-15-17-19-21-23-24-22-20-18-16-14-12-10-8-6-4-2/h1-2H3. The third-order valence-electron chi connectivity index (χ3n) is 1.44. The van der Waals surface area contributed by atoms with Crippen LogP contribution in [-0.2, 0) is 0 Å². The van der Waals surface area contributed by atoms with Crippen LogP contribution in [-0.4, -0.2) is 0 Å². The molecule has 0 aromatic rings. The first-order valence-corrected chi connectivity index (χ1v) is 6.25. The molecule has 0 aromatic heterocycles. The zero-order chi connectivity index (χ0) is 17.6. The molecule has 0 aliphatic rings. The maximum atomic E-state index is 2.63. The number of rotatable bonds is 0. The largest absolute Gasteiger partial charge is 0.0925 e. The van der Waals surface area contributed by atoms with E-state index in [2.05, 4.69) is 130 Å². The van der Waals surface area contributed by atoms with Gasteiger partial charge in [-0.3, -0.25) is 0 Å². The van der Waals surface area contributed by atoms with Crippen LogP contribution in [0, 0.1) is 130 Å². The smallest absolute Gasteiger partial charge is 0 e. The van der Waals surface area contributed by atoms with Crippen molar-refractivity contribution >= 4 is 0 Å². The van der Waals surface area contributed by atoms with Crippen molar-refractivity contribution < 1.29 is 0 Å². The fraction of sp³-hybridized carbons (Fsp3) is 0.0833. The first kappa shape index (κ1) is 19.2. The van der Waals surface area contributed by atoms with E-state index in [9.17, 15) is 0 Å². The van der Waals surface area contributed by atoms with E-state index in [1.165, 1.54) is 0 Å². The van der Waals surface area contributed by atoms with Gasteiger partial charge in [0, 0.05) is 23.7 Å². The van der Waals surface area contributed by atoms with E-state index in [-0.39, 0.29) is 0 Å². The van der Waals surface area contributed by atoms with Gasteiger partial charge >= 0.3 is 0 Å². The van der Waals surface area contributed by atoms with Crippen molar-refractivity contribution in [3.63, 3.8) is 0 Å². The zero-order valence-electron chi connectivity index (χ0n) is 13.0. The molecular weight excluding hydrogens is 288 g/mol. The molecule has 0 bridgehead atoms. The Morgan fingerprint density at radius 3 is 0.458 bits per heavy atom. The van der Waals surface area contributed by atoms with Crippen LogP contribution in [0.5, 0.6) is 0 Å². The van der Waals surface area contributed by atoms with Crippen LogP contribution in [0.3, 0.4) is 0 Å². The topological polar surface area (TPSA) is 0 Å². The summed E-state index contributed by atoms with van der Waals surface area (Å²) in [6, 6.07) is 0. The van der Waals surface area contributed by atoms with Crippen LogP contribution in [0.25, 0.3) is 0 Å². The molecule has 0 radical (unpaired) electrons. The van der Waals surface area contributed by atoms with Crippen molar-refractivity contribution in [3.05, 3.63) is 0 Å². The molecule has 0 spiro atoms. The van der Waals surface area contributed by atoms with Crippen LogP contribution >= 0.6 is 0 Å². The molecule has 0 saturated carbocycles. The predicted octanol–water partition coefficient (Wildman–Crippen LogP) is 1.06. The summed E-state index contributed by atoms with van der Waals surface area (Å²) in [5.74, 6) is 55.6. The summed E-state index contributed by atoms with van der Waals surface area (Å²) in [5.41, 5.74) is 0. The van der Waals surface area contributed by atoms with E-state index in [1.54, 1.807) is 13.8 Å². The SMILES string of the molecule is CC#CC#CC#CC#CC#CC#CC#CC#CC#CC#CC#CC. The maximum absolute atomic E-state index is 2.63. The summed E-state index contributed by atoms with van der Waals surface area (Å²) >= 11 is 0. The Hall–Kier alpha value is -4.84. The van der Waals surface area contributed by atoms with Gasteiger partial charge in [0.1, 0.15) is 0 Å². The molecule has 0 aliphatic carbocycles. The first-order chi connectivity index (χ1) is 11.9. The number of hydrogen-bond acceptors (Lipinski definition) is 0. The summed E-state index contributed by atoms with van der Waals surface area (Å²) in [6.45, 7) is 3.40. The van der Waals surface area contributed by atoms with Crippen molar-refractivity contribution in [1.82, 2.24) is 0 Å². The molecule has 0 saturated heterocycles. The average Bonchev–Trinajstić information content (AvgIpc) is 2.60.